The Morgan fingerprint density at radius 2 is 1.92 bits per heavy atom. The van der Waals surface area contributed by atoms with Crippen molar-refractivity contribution in [2.75, 3.05) is 54.0 Å². The van der Waals surface area contributed by atoms with Crippen molar-refractivity contribution in [1.82, 2.24) is 15.5 Å². The molecule has 0 fully saturated rings. The Hall–Kier alpha value is -0.930. The largest absolute Gasteiger partial charge is 0.383 e. The summed E-state index contributed by atoms with van der Waals surface area (Å²) in [6.07, 6.45) is 1.65. The van der Waals surface area contributed by atoms with E-state index in [1.165, 1.54) is 6.07 Å². The maximum atomic E-state index is 13.5. The van der Waals surface area contributed by atoms with E-state index >= 15 is 0 Å². The summed E-state index contributed by atoms with van der Waals surface area (Å²) in [4.78, 5) is 6.41. The molecule has 1 aromatic carbocycles. The molecule has 138 valence electrons. The first kappa shape index (κ1) is 23.1. The van der Waals surface area contributed by atoms with E-state index in [-0.39, 0.29) is 29.8 Å². The molecule has 0 aromatic heterocycles. The Bertz CT molecular complexity index is 474. The summed E-state index contributed by atoms with van der Waals surface area (Å²) >= 11 is 0. The fourth-order valence-corrected chi connectivity index (χ4v) is 2.15. The van der Waals surface area contributed by atoms with Gasteiger partial charge in [0.25, 0.3) is 0 Å². The number of hydrogen-bond acceptors (Lipinski definition) is 3. The van der Waals surface area contributed by atoms with Gasteiger partial charge in [-0.1, -0.05) is 18.2 Å². The van der Waals surface area contributed by atoms with E-state index in [4.69, 9.17) is 4.74 Å². The molecule has 0 atom stereocenters. The van der Waals surface area contributed by atoms with Crippen molar-refractivity contribution in [3.8, 4) is 0 Å². The van der Waals surface area contributed by atoms with Gasteiger partial charge < -0.3 is 20.3 Å². The number of methoxy groups -OCH3 is 1. The van der Waals surface area contributed by atoms with Crippen molar-refractivity contribution in [1.29, 1.82) is 0 Å². The molecule has 0 spiro atoms. The number of ether oxygens (including phenoxy) is 1. The molecule has 0 aliphatic heterocycles. The zero-order valence-corrected chi connectivity index (χ0v) is 17.2. The molecule has 0 unspecified atom stereocenters. The smallest absolute Gasteiger partial charge is 0.190 e. The highest BCUT2D eigenvalue weighted by Crippen LogP contribution is 2.05. The molecule has 1 rings (SSSR count). The average Bonchev–Trinajstić information content (AvgIpc) is 2.56. The topological polar surface area (TPSA) is 48.9 Å². The molecular weight excluding hydrogens is 422 g/mol. The van der Waals surface area contributed by atoms with Gasteiger partial charge in [-0.3, -0.25) is 4.99 Å². The highest BCUT2D eigenvalue weighted by atomic mass is 127. The van der Waals surface area contributed by atoms with E-state index in [9.17, 15) is 4.39 Å². The van der Waals surface area contributed by atoms with E-state index in [1.807, 2.05) is 12.1 Å². The summed E-state index contributed by atoms with van der Waals surface area (Å²) in [5, 5.41) is 6.48. The number of aliphatic imine (C=N–C) groups is 1. The quantitative estimate of drug-likeness (QED) is 0.247. The molecule has 0 aliphatic carbocycles. The van der Waals surface area contributed by atoms with Crippen LogP contribution >= 0.6 is 24.0 Å². The Labute approximate surface area is 162 Å². The highest BCUT2D eigenvalue weighted by Gasteiger charge is 2.02. The fourth-order valence-electron chi connectivity index (χ4n) is 2.15. The molecule has 0 saturated carbocycles. The molecule has 5 nitrogen and oxygen atoms in total. The Morgan fingerprint density at radius 1 is 1.21 bits per heavy atom. The molecule has 0 amide bonds. The normalized spacial score (nSPS) is 11.3. The highest BCUT2D eigenvalue weighted by molar-refractivity contribution is 14.0. The first-order valence-electron chi connectivity index (χ1n) is 8.02. The molecule has 0 bridgehead atoms. The molecule has 1 aromatic rings. The number of hydrogen-bond donors (Lipinski definition) is 2. The van der Waals surface area contributed by atoms with Crippen LogP contribution in [0.1, 0.15) is 12.0 Å². The maximum Gasteiger partial charge on any atom is 0.190 e. The van der Waals surface area contributed by atoms with Crippen LogP contribution in [0, 0.1) is 5.82 Å². The van der Waals surface area contributed by atoms with Gasteiger partial charge in [-0.25, -0.2) is 4.39 Å². The summed E-state index contributed by atoms with van der Waals surface area (Å²) in [5.74, 6) is 0.595. The van der Waals surface area contributed by atoms with Crippen LogP contribution in [0.2, 0.25) is 0 Å². The van der Waals surface area contributed by atoms with Gasteiger partial charge in [0.15, 0.2) is 5.96 Å². The van der Waals surface area contributed by atoms with Gasteiger partial charge in [0, 0.05) is 33.8 Å². The fraction of sp³-hybridized carbons (Fsp3) is 0.588. The summed E-state index contributed by atoms with van der Waals surface area (Å²) in [6.45, 7) is 4.18. The first-order valence-corrected chi connectivity index (χ1v) is 8.02. The standard InChI is InChI=1S/C17H29FN4O.HI/c1-19-17(20-10-6-12-22(2)13-14-23-3)21-11-9-15-7-4-5-8-16(15)18;/h4-5,7-8H,6,9-14H2,1-3H3,(H2,19,20,21);1H. The first-order chi connectivity index (χ1) is 11.2. The molecule has 0 radical (unpaired) electrons. The SMILES string of the molecule is CN=C(NCCCN(C)CCOC)NCCc1ccccc1F.I. The Kier molecular flexibility index (Phi) is 13.9. The van der Waals surface area contributed by atoms with E-state index < -0.39 is 0 Å². The number of nitrogens with one attached hydrogen (secondary N) is 2. The van der Waals surface area contributed by atoms with Crippen molar-refractivity contribution in [2.45, 2.75) is 12.8 Å². The van der Waals surface area contributed by atoms with E-state index in [2.05, 4.69) is 27.6 Å². The van der Waals surface area contributed by atoms with Crippen molar-refractivity contribution in [2.24, 2.45) is 4.99 Å². The van der Waals surface area contributed by atoms with E-state index in [0.29, 0.717) is 13.0 Å². The number of benzene rings is 1. The number of likely N-dealkylation sites (N-methyl/N-ethyl adjacent to an activating group) is 1. The number of rotatable bonds is 10. The summed E-state index contributed by atoms with van der Waals surface area (Å²) in [7, 11) is 5.54. The van der Waals surface area contributed by atoms with Gasteiger partial charge in [0.1, 0.15) is 5.82 Å². The number of nitrogens with zero attached hydrogens (tertiary/aromatic N) is 2. The lowest BCUT2D eigenvalue weighted by Crippen LogP contribution is -2.39. The van der Waals surface area contributed by atoms with Crippen molar-refractivity contribution < 1.29 is 9.13 Å². The predicted octanol–water partition coefficient (Wildman–Crippen LogP) is 2.12. The van der Waals surface area contributed by atoms with Crippen LogP contribution in [0.5, 0.6) is 0 Å². The minimum atomic E-state index is -0.156. The minimum Gasteiger partial charge on any atom is -0.383 e. The maximum absolute atomic E-state index is 13.5. The zero-order chi connectivity index (χ0) is 16.9. The lowest BCUT2D eigenvalue weighted by molar-refractivity contribution is 0.161. The van der Waals surface area contributed by atoms with E-state index in [0.717, 1.165) is 44.2 Å². The van der Waals surface area contributed by atoms with Crippen molar-refractivity contribution >= 4 is 29.9 Å². The third-order valence-corrected chi connectivity index (χ3v) is 3.55. The lowest BCUT2D eigenvalue weighted by atomic mass is 10.1. The second-order valence-electron chi connectivity index (χ2n) is 5.42. The molecule has 2 N–H and O–H groups in total. The van der Waals surface area contributed by atoms with Crippen LogP contribution in [0.3, 0.4) is 0 Å². The molecule has 24 heavy (non-hydrogen) atoms. The number of guanidine groups is 1. The van der Waals surface area contributed by atoms with Crippen LogP contribution in [-0.2, 0) is 11.2 Å². The molecule has 0 aliphatic rings. The Balaban J connectivity index is 0.00000529. The molecule has 7 heteroatoms. The van der Waals surface area contributed by atoms with Crippen LogP contribution in [0.25, 0.3) is 0 Å². The van der Waals surface area contributed by atoms with Gasteiger partial charge in [-0.15, -0.1) is 24.0 Å². The monoisotopic (exact) mass is 452 g/mol. The van der Waals surface area contributed by atoms with Crippen LogP contribution < -0.4 is 10.6 Å². The summed E-state index contributed by atoms with van der Waals surface area (Å²) < 4.78 is 18.6. The van der Waals surface area contributed by atoms with Gasteiger partial charge >= 0.3 is 0 Å². The molecule has 0 saturated heterocycles. The Morgan fingerprint density at radius 3 is 2.58 bits per heavy atom. The van der Waals surface area contributed by atoms with Gasteiger partial charge in [0.2, 0.25) is 0 Å². The number of halogens is 2. The van der Waals surface area contributed by atoms with Crippen molar-refractivity contribution in [3.05, 3.63) is 35.6 Å². The third kappa shape index (κ3) is 10.0. The van der Waals surface area contributed by atoms with Gasteiger partial charge in [-0.05, 0) is 38.1 Å². The van der Waals surface area contributed by atoms with E-state index in [1.54, 1.807) is 20.2 Å². The summed E-state index contributed by atoms with van der Waals surface area (Å²) in [6, 6.07) is 6.85. The van der Waals surface area contributed by atoms with Crippen molar-refractivity contribution in [3.63, 3.8) is 0 Å². The average molecular weight is 452 g/mol. The second-order valence-corrected chi connectivity index (χ2v) is 5.42. The predicted molar refractivity (Wildman–Crippen MR) is 109 cm³/mol. The zero-order valence-electron chi connectivity index (χ0n) is 14.8. The lowest BCUT2D eigenvalue weighted by Gasteiger charge is -2.17. The summed E-state index contributed by atoms with van der Waals surface area (Å²) in [5.41, 5.74) is 0.718. The molecule has 0 heterocycles. The van der Waals surface area contributed by atoms with Gasteiger partial charge in [-0.2, -0.15) is 0 Å². The minimum absolute atomic E-state index is 0. The second kappa shape index (κ2) is 14.4. The van der Waals surface area contributed by atoms with Crippen LogP contribution in [0.15, 0.2) is 29.3 Å². The van der Waals surface area contributed by atoms with Crippen LogP contribution in [0.4, 0.5) is 4.39 Å². The van der Waals surface area contributed by atoms with Crippen LogP contribution in [-0.4, -0.2) is 64.9 Å². The van der Waals surface area contributed by atoms with Gasteiger partial charge in [0.05, 0.1) is 6.61 Å². The molecular formula is C17H30FIN4O. The third-order valence-electron chi connectivity index (χ3n) is 3.55.